The first kappa shape index (κ1) is 36.7. The molecule has 0 spiro atoms. The van der Waals surface area contributed by atoms with Crippen LogP contribution in [0.4, 0.5) is 9.59 Å². The Bertz CT molecular complexity index is 666. The lowest BCUT2D eigenvalue weighted by Crippen LogP contribution is -2.42. The molecule has 0 aromatic carbocycles. The summed E-state index contributed by atoms with van der Waals surface area (Å²) >= 11 is 0. The van der Waals surface area contributed by atoms with Gasteiger partial charge in [0.1, 0.15) is 13.2 Å². The second kappa shape index (κ2) is 24.9. The summed E-state index contributed by atoms with van der Waals surface area (Å²) in [5.74, 6) is 0. The minimum absolute atomic E-state index is 0.272. The summed E-state index contributed by atoms with van der Waals surface area (Å²) in [5.41, 5.74) is -0.272. The summed E-state index contributed by atoms with van der Waals surface area (Å²) in [5, 5.41) is 5.78. The monoisotopic (exact) mass is 595 g/mol. The van der Waals surface area contributed by atoms with Gasteiger partial charge in [-0.1, -0.05) is 122 Å². The summed E-state index contributed by atoms with van der Waals surface area (Å²) in [6.07, 6.45) is 25.9. The van der Waals surface area contributed by atoms with Gasteiger partial charge in [0.25, 0.3) is 0 Å². The minimum atomic E-state index is -0.388. The Morgan fingerprint density at radius 3 is 1.60 bits per heavy atom. The van der Waals surface area contributed by atoms with E-state index in [1.165, 1.54) is 96.3 Å². The standard InChI is InChI=1S/C34H65N3O5/c1-2-3-4-5-6-7-8-9-10-11-12-13-14-15-16-20-23-35-32(38)41-30-34(21-18-17-19-22-34)31-42-33(39)36-24-25-37-26-28-40-29-27-37/h2-31H2,1H3,(H,35,38)(H,36,39). The number of nitrogens with one attached hydrogen (secondary N) is 2. The van der Waals surface area contributed by atoms with E-state index < -0.39 is 0 Å². The molecule has 42 heavy (non-hydrogen) atoms. The number of rotatable bonds is 24. The summed E-state index contributed by atoms with van der Waals surface area (Å²) < 4.78 is 16.6. The number of carbonyl (C=O) groups excluding carboxylic acids is 2. The van der Waals surface area contributed by atoms with Crippen LogP contribution in [0.1, 0.15) is 142 Å². The van der Waals surface area contributed by atoms with Crippen LogP contribution >= 0.6 is 0 Å². The quantitative estimate of drug-likeness (QED) is 0.110. The molecule has 0 aromatic heterocycles. The Kier molecular flexibility index (Phi) is 21.7. The molecule has 1 aliphatic carbocycles. The first-order valence-electron chi connectivity index (χ1n) is 17.7. The van der Waals surface area contributed by atoms with Gasteiger partial charge in [0.15, 0.2) is 0 Å². The Morgan fingerprint density at radius 2 is 1.10 bits per heavy atom. The molecule has 2 amide bonds. The maximum Gasteiger partial charge on any atom is 0.407 e. The fourth-order valence-corrected chi connectivity index (χ4v) is 6.18. The van der Waals surface area contributed by atoms with E-state index in [0.29, 0.717) is 26.3 Å². The number of unbranched alkanes of at least 4 members (excludes halogenated alkanes) is 15. The fraction of sp³-hybridized carbons (Fsp3) is 0.941. The van der Waals surface area contributed by atoms with Crippen LogP contribution in [0.3, 0.4) is 0 Å². The summed E-state index contributed by atoms with van der Waals surface area (Å²) in [6.45, 7) is 8.20. The van der Waals surface area contributed by atoms with Crippen LogP contribution in [0, 0.1) is 5.41 Å². The van der Waals surface area contributed by atoms with Crippen LogP contribution in [0.15, 0.2) is 0 Å². The number of hydrogen-bond donors (Lipinski definition) is 2. The zero-order valence-corrected chi connectivity index (χ0v) is 27.2. The molecule has 1 aliphatic heterocycles. The first-order valence-corrected chi connectivity index (χ1v) is 17.7. The lowest BCUT2D eigenvalue weighted by atomic mass is 9.75. The molecule has 0 aromatic rings. The molecule has 8 nitrogen and oxygen atoms in total. The van der Waals surface area contributed by atoms with Crippen molar-refractivity contribution in [3.8, 4) is 0 Å². The van der Waals surface area contributed by atoms with Crippen LogP contribution in [0.5, 0.6) is 0 Å². The molecule has 246 valence electrons. The van der Waals surface area contributed by atoms with Gasteiger partial charge >= 0.3 is 12.2 Å². The highest BCUT2D eigenvalue weighted by Crippen LogP contribution is 2.37. The second-order valence-electron chi connectivity index (χ2n) is 12.8. The Labute approximate surface area is 257 Å². The first-order chi connectivity index (χ1) is 20.6. The number of alkyl carbamates (subject to hydrolysis) is 2. The van der Waals surface area contributed by atoms with Crippen molar-refractivity contribution < 1.29 is 23.8 Å². The molecule has 0 atom stereocenters. The molecule has 1 saturated carbocycles. The number of nitrogens with zero attached hydrogens (tertiary/aromatic N) is 1. The predicted octanol–water partition coefficient (Wildman–Crippen LogP) is 7.98. The fourth-order valence-electron chi connectivity index (χ4n) is 6.18. The minimum Gasteiger partial charge on any atom is -0.449 e. The number of carbonyl (C=O) groups is 2. The molecule has 0 radical (unpaired) electrons. The maximum atomic E-state index is 12.4. The summed E-state index contributed by atoms with van der Waals surface area (Å²) in [6, 6.07) is 0. The van der Waals surface area contributed by atoms with Crippen molar-refractivity contribution >= 4 is 12.2 Å². The maximum absolute atomic E-state index is 12.4. The van der Waals surface area contributed by atoms with E-state index in [2.05, 4.69) is 22.5 Å². The van der Waals surface area contributed by atoms with Crippen LogP contribution < -0.4 is 10.6 Å². The third kappa shape index (κ3) is 18.9. The Hall–Kier alpha value is -1.54. The lowest BCUT2D eigenvalue weighted by molar-refractivity contribution is 0.00264. The molecule has 1 heterocycles. The number of amides is 2. The van der Waals surface area contributed by atoms with Crippen molar-refractivity contribution in [1.82, 2.24) is 15.5 Å². The van der Waals surface area contributed by atoms with Crippen molar-refractivity contribution in [3.05, 3.63) is 0 Å². The largest absolute Gasteiger partial charge is 0.449 e. The van der Waals surface area contributed by atoms with Crippen molar-refractivity contribution in [2.75, 3.05) is 59.2 Å². The third-order valence-electron chi connectivity index (χ3n) is 9.03. The molecule has 2 aliphatic rings. The average Bonchev–Trinajstić information content (AvgIpc) is 3.01. The molecule has 1 saturated heterocycles. The average molecular weight is 596 g/mol. The number of hydrogen-bond acceptors (Lipinski definition) is 6. The lowest BCUT2D eigenvalue weighted by Gasteiger charge is -2.36. The van der Waals surface area contributed by atoms with Gasteiger partial charge in [0, 0.05) is 38.1 Å². The van der Waals surface area contributed by atoms with Crippen molar-refractivity contribution in [2.45, 2.75) is 142 Å². The van der Waals surface area contributed by atoms with E-state index in [4.69, 9.17) is 14.2 Å². The zero-order valence-electron chi connectivity index (χ0n) is 27.2. The van der Waals surface area contributed by atoms with Gasteiger partial charge in [-0.15, -0.1) is 0 Å². The zero-order chi connectivity index (χ0) is 30.0. The van der Waals surface area contributed by atoms with E-state index in [0.717, 1.165) is 71.4 Å². The van der Waals surface area contributed by atoms with Crippen molar-refractivity contribution in [3.63, 3.8) is 0 Å². The second-order valence-corrected chi connectivity index (χ2v) is 12.8. The van der Waals surface area contributed by atoms with Crippen molar-refractivity contribution in [1.29, 1.82) is 0 Å². The van der Waals surface area contributed by atoms with Gasteiger partial charge in [0.05, 0.1) is 13.2 Å². The third-order valence-corrected chi connectivity index (χ3v) is 9.03. The van der Waals surface area contributed by atoms with E-state index in [1.807, 2.05) is 0 Å². The van der Waals surface area contributed by atoms with Gasteiger partial charge < -0.3 is 24.8 Å². The molecule has 2 N–H and O–H groups in total. The molecular formula is C34H65N3O5. The van der Waals surface area contributed by atoms with Gasteiger partial charge in [-0.05, 0) is 19.3 Å². The summed E-state index contributed by atoms with van der Waals surface area (Å²) in [7, 11) is 0. The highest BCUT2D eigenvalue weighted by Gasteiger charge is 2.35. The van der Waals surface area contributed by atoms with Crippen LogP contribution in [0.25, 0.3) is 0 Å². The molecule has 0 bridgehead atoms. The van der Waals surface area contributed by atoms with Gasteiger partial charge in [-0.25, -0.2) is 9.59 Å². The molecular weight excluding hydrogens is 530 g/mol. The van der Waals surface area contributed by atoms with Crippen LogP contribution in [-0.2, 0) is 14.2 Å². The summed E-state index contributed by atoms with van der Waals surface area (Å²) in [4.78, 5) is 26.9. The molecule has 2 fully saturated rings. The van der Waals surface area contributed by atoms with E-state index in [1.54, 1.807) is 0 Å². The van der Waals surface area contributed by atoms with Gasteiger partial charge in [-0.3, -0.25) is 4.90 Å². The smallest absolute Gasteiger partial charge is 0.407 e. The van der Waals surface area contributed by atoms with E-state index in [9.17, 15) is 9.59 Å². The Balaban J connectivity index is 1.42. The van der Waals surface area contributed by atoms with E-state index in [-0.39, 0.29) is 17.6 Å². The van der Waals surface area contributed by atoms with E-state index >= 15 is 0 Å². The predicted molar refractivity (Wildman–Crippen MR) is 171 cm³/mol. The van der Waals surface area contributed by atoms with Gasteiger partial charge in [-0.2, -0.15) is 0 Å². The normalized spacial score (nSPS) is 17.1. The molecule has 0 unspecified atom stereocenters. The van der Waals surface area contributed by atoms with Crippen molar-refractivity contribution in [2.24, 2.45) is 5.41 Å². The van der Waals surface area contributed by atoms with Gasteiger partial charge in [0.2, 0.25) is 0 Å². The molecule has 2 rings (SSSR count). The van der Waals surface area contributed by atoms with Crippen LogP contribution in [0.2, 0.25) is 0 Å². The highest BCUT2D eigenvalue weighted by molar-refractivity contribution is 5.67. The number of ether oxygens (including phenoxy) is 3. The Morgan fingerprint density at radius 1 is 0.643 bits per heavy atom. The highest BCUT2D eigenvalue weighted by atomic mass is 16.6. The van der Waals surface area contributed by atoms with Crippen LogP contribution in [-0.4, -0.2) is 76.2 Å². The SMILES string of the molecule is CCCCCCCCCCCCCCCCCCNC(=O)OCC1(COC(=O)NCCN2CCOCC2)CCCCC1. The molecule has 8 heteroatoms. The number of morpholine rings is 1. The topological polar surface area (TPSA) is 89.1 Å².